The highest BCUT2D eigenvalue weighted by Crippen LogP contribution is 2.38. The number of hydrogen-bond donors (Lipinski definition) is 0. The molecule has 0 aliphatic carbocycles. The third-order valence-electron chi connectivity index (χ3n) is 6.73. The summed E-state index contributed by atoms with van der Waals surface area (Å²) < 4.78 is 47.3. The molecule has 0 radical (unpaired) electrons. The lowest BCUT2D eigenvalue weighted by Crippen LogP contribution is -2.51. The van der Waals surface area contributed by atoms with E-state index in [0.29, 0.717) is 51.1 Å². The average molecular weight is 534 g/mol. The molecule has 9 heteroatoms. The second-order valence-electron chi connectivity index (χ2n) is 10.8. The van der Waals surface area contributed by atoms with E-state index in [9.17, 15) is 22.8 Å². The number of piperazine rings is 1. The van der Waals surface area contributed by atoms with E-state index in [-0.39, 0.29) is 11.5 Å². The van der Waals surface area contributed by atoms with E-state index >= 15 is 0 Å². The number of benzene rings is 2. The first-order valence-electron chi connectivity index (χ1n) is 13.0. The summed E-state index contributed by atoms with van der Waals surface area (Å²) in [5.41, 5.74) is 0.448. The van der Waals surface area contributed by atoms with Crippen molar-refractivity contribution in [3.8, 4) is 0 Å². The molecule has 38 heavy (non-hydrogen) atoms. The second-order valence-corrected chi connectivity index (χ2v) is 10.8. The minimum atomic E-state index is -4.48. The van der Waals surface area contributed by atoms with Crippen molar-refractivity contribution >= 4 is 12.0 Å². The molecular formula is C29H38F3N3O3. The number of halogens is 3. The molecule has 1 aliphatic heterocycles. The van der Waals surface area contributed by atoms with Crippen molar-refractivity contribution in [1.29, 1.82) is 0 Å². The molecule has 2 amide bonds. The maximum absolute atomic E-state index is 13.9. The first kappa shape index (κ1) is 29.5. The van der Waals surface area contributed by atoms with Crippen molar-refractivity contribution in [3.05, 3.63) is 70.8 Å². The van der Waals surface area contributed by atoms with E-state index in [1.165, 1.54) is 12.1 Å². The van der Waals surface area contributed by atoms with Gasteiger partial charge >= 0.3 is 12.3 Å². The zero-order valence-corrected chi connectivity index (χ0v) is 22.8. The average Bonchev–Trinajstić information content (AvgIpc) is 2.85. The molecule has 2 aromatic carbocycles. The second kappa shape index (κ2) is 12.2. The fourth-order valence-electron chi connectivity index (χ4n) is 4.76. The third kappa shape index (κ3) is 7.72. The number of nitrogens with zero attached hydrogens (tertiary/aromatic N) is 3. The number of carbonyl (C=O) groups excluding carboxylic acids is 2. The molecule has 1 heterocycles. The summed E-state index contributed by atoms with van der Waals surface area (Å²) in [4.78, 5) is 30.6. The van der Waals surface area contributed by atoms with Crippen molar-refractivity contribution in [2.24, 2.45) is 0 Å². The van der Waals surface area contributed by atoms with E-state index in [4.69, 9.17) is 4.74 Å². The first-order valence-corrected chi connectivity index (χ1v) is 13.0. The molecule has 0 spiro atoms. The predicted octanol–water partition coefficient (Wildman–Crippen LogP) is 6.16. The van der Waals surface area contributed by atoms with E-state index in [1.807, 2.05) is 30.0 Å². The van der Waals surface area contributed by atoms with Gasteiger partial charge in [-0.25, -0.2) is 4.79 Å². The Labute approximate surface area is 223 Å². The number of amides is 2. The molecule has 1 atom stereocenters. The third-order valence-corrected chi connectivity index (χ3v) is 6.73. The Morgan fingerprint density at radius 2 is 1.58 bits per heavy atom. The maximum atomic E-state index is 13.9. The number of alkyl halides is 3. The Hall–Kier alpha value is -3.07. The number of rotatable bonds is 7. The van der Waals surface area contributed by atoms with Gasteiger partial charge in [-0.05, 0) is 63.8 Å². The van der Waals surface area contributed by atoms with Crippen molar-refractivity contribution in [2.75, 3.05) is 39.8 Å². The summed E-state index contributed by atoms with van der Waals surface area (Å²) in [5.74, 6) is -0.110. The van der Waals surface area contributed by atoms with Crippen molar-refractivity contribution in [1.82, 2.24) is 14.7 Å². The SMILES string of the molecule is Cc1ccccc1C(=O)N(C)CCCC(c1ccccc1C(F)(F)F)N1CCN(C(=O)OC(C)(C)C)CC1. The summed E-state index contributed by atoms with van der Waals surface area (Å²) in [5, 5.41) is 0. The Bertz CT molecular complexity index is 1110. The van der Waals surface area contributed by atoms with Crippen LogP contribution in [0.4, 0.5) is 18.0 Å². The van der Waals surface area contributed by atoms with E-state index < -0.39 is 29.5 Å². The van der Waals surface area contributed by atoms with Crippen molar-refractivity contribution in [2.45, 2.75) is 58.4 Å². The highest BCUT2D eigenvalue weighted by Gasteiger charge is 2.37. The standard InChI is InChI=1S/C29H38F3N3O3/c1-21-11-6-7-12-22(21)26(36)33(5)16-10-15-25(23-13-8-9-14-24(23)29(30,31)32)34-17-19-35(20-18-34)27(37)38-28(2,3)4/h6-9,11-14,25H,10,15-20H2,1-5H3. The van der Waals surface area contributed by atoms with Crippen LogP contribution in [0.5, 0.6) is 0 Å². The minimum absolute atomic E-state index is 0.110. The molecule has 1 saturated heterocycles. The fraction of sp³-hybridized carbons (Fsp3) is 0.517. The van der Waals surface area contributed by atoms with Crippen LogP contribution in [0.1, 0.15) is 66.7 Å². The van der Waals surface area contributed by atoms with Crippen molar-refractivity contribution in [3.63, 3.8) is 0 Å². The molecule has 208 valence electrons. The van der Waals surface area contributed by atoms with Gasteiger partial charge in [0.25, 0.3) is 5.91 Å². The molecule has 2 aromatic rings. The topological polar surface area (TPSA) is 53.1 Å². The molecule has 3 rings (SSSR count). The molecule has 0 saturated carbocycles. The molecule has 1 unspecified atom stereocenters. The molecule has 0 bridgehead atoms. The number of carbonyl (C=O) groups is 2. The van der Waals surface area contributed by atoms with Crippen LogP contribution in [0.25, 0.3) is 0 Å². The lowest BCUT2D eigenvalue weighted by Gasteiger charge is -2.40. The van der Waals surface area contributed by atoms with Gasteiger partial charge in [0.2, 0.25) is 0 Å². The van der Waals surface area contributed by atoms with Crippen molar-refractivity contribution < 1.29 is 27.5 Å². The number of aryl methyl sites for hydroxylation is 1. The van der Waals surface area contributed by atoms with Gasteiger partial charge in [-0.2, -0.15) is 13.2 Å². The summed E-state index contributed by atoms with van der Waals surface area (Å²) in [6.45, 7) is 9.26. The summed E-state index contributed by atoms with van der Waals surface area (Å²) in [6.07, 6.45) is -3.94. The molecule has 0 N–H and O–H groups in total. The molecule has 1 aliphatic rings. The van der Waals surface area contributed by atoms with E-state index in [2.05, 4.69) is 0 Å². The quantitative estimate of drug-likeness (QED) is 0.428. The predicted molar refractivity (Wildman–Crippen MR) is 141 cm³/mol. The summed E-state index contributed by atoms with van der Waals surface area (Å²) in [7, 11) is 1.72. The zero-order chi connectivity index (χ0) is 28.1. The normalized spacial score (nSPS) is 15.7. The van der Waals surface area contributed by atoms with Gasteiger partial charge < -0.3 is 14.5 Å². The number of hydrogen-bond acceptors (Lipinski definition) is 4. The fourth-order valence-corrected chi connectivity index (χ4v) is 4.76. The molecule has 6 nitrogen and oxygen atoms in total. The molecular weight excluding hydrogens is 495 g/mol. The van der Waals surface area contributed by atoms with Crippen LogP contribution in [0, 0.1) is 6.92 Å². The monoisotopic (exact) mass is 533 g/mol. The number of ether oxygens (including phenoxy) is 1. The lowest BCUT2D eigenvalue weighted by molar-refractivity contribution is -0.138. The van der Waals surface area contributed by atoms with Crippen LogP contribution in [-0.4, -0.2) is 72.1 Å². The molecule has 0 aromatic heterocycles. The molecule has 1 fully saturated rings. The van der Waals surface area contributed by atoms with Crippen LogP contribution in [0.3, 0.4) is 0 Å². The first-order chi connectivity index (χ1) is 17.8. The highest BCUT2D eigenvalue weighted by atomic mass is 19.4. The largest absolute Gasteiger partial charge is 0.444 e. The van der Waals surface area contributed by atoms with Crippen LogP contribution < -0.4 is 0 Å². The zero-order valence-electron chi connectivity index (χ0n) is 22.8. The van der Waals surface area contributed by atoms with Crippen LogP contribution in [0.2, 0.25) is 0 Å². The maximum Gasteiger partial charge on any atom is 0.416 e. The van der Waals surface area contributed by atoms with Gasteiger partial charge in [0.1, 0.15) is 5.60 Å². The summed E-state index contributed by atoms with van der Waals surface area (Å²) in [6, 6.07) is 12.5. The van der Waals surface area contributed by atoms with E-state index in [0.717, 1.165) is 11.6 Å². The minimum Gasteiger partial charge on any atom is -0.444 e. The summed E-state index contributed by atoms with van der Waals surface area (Å²) >= 11 is 0. The van der Waals surface area contributed by atoms with E-state index in [1.54, 1.807) is 49.8 Å². The van der Waals surface area contributed by atoms with Crippen LogP contribution >= 0.6 is 0 Å². The van der Waals surface area contributed by atoms with Gasteiger partial charge in [0.15, 0.2) is 0 Å². The van der Waals surface area contributed by atoms with Crippen LogP contribution in [0.15, 0.2) is 48.5 Å². The van der Waals surface area contributed by atoms with Crippen LogP contribution in [-0.2, 0) is 10.9 Å². The highest BCUT2D eigenvalue weighted by molar-refractivity contribution is 5.95. The smallest absolute Gasteiger partial charge is 0.416 e. The lowest BCUT2D eigenvalue weighted by atomic mass is 9.94. The van der Waals surface area contributed by atoms with Gasteiger partial charge in [-0.1, -0.05) is 36.4 Å². The van der Waals surface area contributed by atoms with Gasteiger partial charge in [0, 0.05) is 51.4 Å². The Morgan fingerprint density at radius 1 is 0.974 bits per heavy atom. The Balaban J connectivity index is 1.74. The van der Waals surface area contributed by atoms with Gasteiger partial charge in [0.05, 0.1) is 5.56 Å². The Morgan fingerprint density at radius 3 is 2.18 bits per heavy atom. The van der Waals surface area contributed by atoms with Gasteiger partial charge in [-0.3, -0.25) is 9.69 Å². The Kier molecular flexibility index (Phi) is 9.46. The van der Waals surface area contributed by atoms with Gasteiger partial charge in [-0.15, -0.1) is 0 Å².